The highest BCUT2D eigenvalue weighted by Crippen LogP contribution is 2.44. The van der Waals surface area contributed by atoms with E-state index in [9.17, 15) is 24.6 Å². The molecule has 2 aliphatic carbocycles. The van der Waals surface area contributed by atoms with Gasteiger partial charge in [0, 0.05) is 11.9 Å². The maximum Gasteiger partial charge on any atom is 0.308 e. The first-order valence-electron chi connectivity index (χ1n) is 19.1. The number of aromatic amines is 1. The normalized spacial score (nSPS) is 19.5. The Balaban J connectivity index is 0.000000285. The number of aryl methyl sites for hydroxylation is 3. The number of H-pyrrole nitrogens is 1. The molecule has 55 heavy (non-hydrogen) atoms. The van der Waals surface area contributed by atoms with Crippen LogP contribution >= 0.6 is 12.4 Å². The number of aliphatic imine (C=N–C) groups is 1. The summed E-state index contributed by atoms with van der Waals surface area (Å²) in [5, 5.41) is 24.2. The molecule has 1 heterocycles. The van der Waals surface area contributed by atoms with E-state index in [2.05, 4.69) is 10.1 Å². The van der Waals surface area contributed by atoms with Crippen molar-refractivity contribution in [3.8, 4) is 17.2 Å². The lowest BCUT2D eigenvalue weighted by molar-refractivity contribution is -0.150. The Kier molecular flexibility index (Phi) is 15.2. The number of carbonyl (C=O) groups excluding carboxylic acids is 2. The third-order valence-electron chi connectivity index (χ3n) is 10.8. The van der Waals surface area contributed by atoms with Crippen molar-refractivity contribution in [1.82, 2.24) is 9.78 Å². The van der Waals surface area contributed by atoms with Crippen LogP contribution in [-0.4, -0.2) is 51.4 Å². The van der Waals surface area contributed by atoms with Crippen LogP contribution in [0.5, 0.6) is 11.5 Å². The van der Waals surface area contributed by atoms with E-state index in [1.165, 1.54) is 10.9 Å². The van der Waals surface area contributed by atoms with Crippen molar-refractivity contribution in [2.24, 2.45) is 16.8 Å². The number of nitrogen functional groups attached to an aromatic ring is 1. The maximum absolute atomic E-state index is 13.1. The topological polar surface area (TPSA) is 169 Å². The minimum Gasteiger partial charge on any atom is -0.505 e. The lowest BCUT2D eigenvalue weighted by atomic mass is 9.77. The van der Waals surface area contributed by atoms with Gasteiger partial charge < -0.3 is 25.4 Å². The molecule has 5 N–H and O–H groups in total. The van der Waals surface area contributed by atoms with E-state index in [1.807, 2.05) is 77.1 Å². The minimum atomic E-state index is -0.199. The highest BCUT2D eigenvalue weighted by Gasteiger charge is 2.32. The minimum absolute atomic E-state index is 0. The molecular formula is C43H55ClN4O7. The van der Waals surface area contributed by atoms with Crippen LogP contribution in [0, 0.1) is 32.6 Å². The fourth-order valence-electron chi connectivity index (χ4n) is 7.68. The standard InChI is InChI=1S/C28H33N3O4.C15H21NO3.ClH/c1-5-35-28(34)21-9-6-8-20(15-21)23-10-7-11-25(26(23)32)29-16-24-19(4)30-31(27(24)33)22-13-12-17(2)18(3)14-22;1-2-19-15(18)11-6-3-5-10(9-11)12-7-4-8-13(16)14(12)17;/h7,10-14,16,20-21,30,32H,5-6,8-9,15H2,1-4H3;4,7-8,10-11,17H,2-3,5-6,9,16H2,1H3;1H. The van der Waals surface area contributed by atoms with E-state index in [4.69, 9.17) is 15.2 Å². The molecule has 2 aliphatic rings. The lowest BCUT2D eigenvalue weighted by Gasteiger charge is -2.28. The number of aromatic hydroxyl groups is 2. The highest BCUT2D eigenvalue weighted by molar-refractivity contribution is 5.85. The number of rotatable bonds is 9. The van der Waals surface area contributed by atoms with Gasteiger partial charge in [-0.3, -0.25) is 24.5 Å². The molecule has 2 saturated carbocycles. The number of nitrogens with one attached hydrogen (secondary N) is 1. The number of anilines is 1. The van der Waals surface area contributed by atoms with Gasteiger partial charge in [-0.05, 0) is 131 Å². The molecule has 12 heteroatoms. The van der Waals surface area contributed by atoms with Gasteiger partial charge in [0.15, 0.2) is 0 Å². The smallest absolute Gasteiger partial charge is 0.308 e. The van der Waals surface area contributed by atoms with Gasteiger partial charge in [-0.1, -0.05) is 43.2 Å². The molecule has 0 radical (unpaired) electrons. The number of halogens is 1. The second-order valence-electron chi connectivity index (χ2n) is 14.4. The van der Waals surface area contributed by atoms with E-state index < -0.39 is 0 Å². The van der Waals surface area contributed by atoms with E-state index >= 15 is 0 Å². The van der Waals surface area contributed by atoms with Gasteiger partial charge in [-0.25, -0.2) is 4.68 Å². The van der Waals surface area contributed by atoms with Gasteiger partial charge >= 0.3 is 11.9 Å². The fourth-order valence-corrected chi connectivity index (χ4v) is 7.68. The summed E-state index contributed by atoms with van der Waals surface area (Å²) in [5.74, 6) is 0.0320. The average molecular weight is 775 g/mol. The quantitative estimate of drug-likeness (QED) is 0.0567. The number of esters is 2. The molecule has 1 aromatic heterocycles. The second-order valence-corrected chi connectivity index (χ2v) is 14.4. The molecule has 0 spiro atoms. The van der Waals surface area contributed by atoms with Crippen molar-refractivity contribution in [1.29, 1.82) is 0 Å². The van der Waals surface area contributed by atoms with Crippen molar-refractivity contribution in [3.05, 3.63) is 98.5 Å². The summed E-state index contributed by atoms with van der Waals surface area (Å²) >= 11 is 0. The molecule has 4 unspecified atom stereocenters. The summed E-state index contributed by atoms with van der Waals surface area (Å²) in [7, 11) is 0. The first-order chi connectivity index (χ1) is 25.9. The predicted molar refractivity (Wildman–Crippen MR) is 218 cm³/mol. The highest BCUT2D eigenvalue weighted by atomic mass is 35.5. The van der Waals surface area contributed by atoms with Crippen LogP contribution in [0.3, 0.4) is 0 Å². The van der Waals surface area contributed by atoms with E-state index in [0.29, 0.717) is 42.3 Å². The predicted octanol–water partition coefficient (Wildman–Crippen LogP) is 8.62. The average Bonchev–Trinajstić information content (AvgIpc) is 3.45. The molecule has 2 fully saturated rings. The van der Waals surface area contributed by atoms with E-state index in [0.717, 1.165) is 72.9 Å². The van der Waals surface area contributed by atoms with Gasteiger partial charge in [0.1, 0.15) is 17.2 Å². The summed E-state index contributed by atoms with van der Waals surface area (Å²) in [4.78, 5) is 41.6. The second kappa shape index (κ2) is 19.5. The Morgan fingerprint density at radius 3 is 1.96 bits per heavy atom. The number of hydrogen-bond acceptors (Lipinski definition) is 9. The number of para-hydroxylation sites is 2. The first kappa shape index (κ1) is 42.7. The number of nitrogens with zero attached hydrogens (tertiary/aromatic N) is 2. The zero-order valence-corrected chi connectivity index (χ0v) is 33.3. The molecule has 4 aromatic rings. The van der Waals surface area contributed by atoms with Crippen LogP contribution < -0.4 is 11.3 Å². The van der Waals surface area contributed by atoms with Crippen LogP contribution in [0.4, 0.5) is 11.4 Å². The van der Waals surface area contributed by atoms with Crippen molar-refractivity contribution < 1.29 is 29.3 Å². The number of phenolic OH excluding ortho intramolecular Hbond substituents is 2. The third-order valence-corrected chi connectivity index (χ3v) is 10.8. The van der Waals surface area contributed by atoms with Gasteiger partial charge in [0.2, 0.25) is 0 Å². The molecule has 11 nitrogen and oxygen atoms in total. The number of benzene rings is 3. The summed E-state index contributed by atoms with van der Waals surface area (Å²) < 4.78 is 11.8. The number of hydrogen-bond donors (Lipinski definition) is 4. The van der Waals surface area contributed by atoms with Crippen LogP contribution in [-0.2, 0) is 19.1 Å². The Labute approximate surface area is 329 Å². The summed E-state index contributed by atoms with van der Waals surface area (Å²) in [5.41, 5.74) is 12.1. The SMILES string of the molecule is CCOC(=O)C1CCCC(c2cccc(N)c2O)C1.CCOC(=O)C1CCCC(c2cccc(N=Cc3c(C)[nH]n(-c4ccc(C)c(C)c4)c3=O)c2O)C1.Cl. The molecule has 0 saturated heterocycles. The van der Waals surface area contributed by atoms with Crippen LogP contribution in [0.2, 0.25) is 0 Å². The Morgan fingerprint density at radius 1 is 0.836 bits per heavy atom. The van der Waals surface area contributed by atoms with Gasteiger partial charge in [-0.15, -0.1) is 12.4 Å². The van der Waals surface area contributed by atoms with Crippen LogP contribution in [0.15, 0.2) is 64.4 Å². The van der Waals surface area contributed by atoms with E-state index in [1.54, 1.807) is 12.1 Å². The van der Waals surface area contributed by atoms with Crippen LogP contribution in [0.25, 0.3) is 5.69 Å². The molecule has 4 atom stereocenters. The van der Waals surface area contributed by atoms with Crippen molar-refractivity contribution in [3.63, 3.8) is 0 Å². The molecule has 0 amide bonds. The molecule has 296 valence electrons. The molecule has 3 aromatic carbocycles. The zero-order chi connectivity index (χ0) is 38.9. The summed E-state index contributed by atoms with van der Waals surface area (Å²) in [6.45, 7) is 10.3. The van der Waals surface area contributed by atoms with Gasteiger partial charge in [0.05, 0.1) is 42.0 Å². The van der Waals surface area contributed by atoms with Crippen LogP contribution in [0.1, 0.15) is 111 Å². The van der Waals surface area contributed by atoms with E-state index in [-0.39, 0.29) is 65.1 Å². The molecule has 0 bridgehead atoms. The van der Waals surface area contributed by atoms with Crippen molar-refractivity contribution in [2.45, 2.75) is 97.8 Å². The monoisotopic (exact) mass is 774 g/mol. The zero-order valence-electron chi connectivity index (χ0n) is 32.5. The Morgan fingerprint density at radius 2 is 1.40 bits per heavy atom. The van der Waals surface area contributed by atoms with Crippen molar-refractivity contribution >= 4 is 41.9 Å². The molecular weight excluding hydrogens is 720 g/mol. The summed E-state index contributed by atoms with van der Waals surface area (Å²) in [6, 6.07) is 16.8. The largest absolute Gasteiger partial charge is 0.505 e. The summed E-state index contributed by atoms with van der Waals surface area (Å²) in [6.07, 6.45) is 8.33. The lowest BCUT2D eigenvalue weighted by Crippen LogP contribution is -2.24. The third kappa shape index (κ3) is 10.2. The Hall–Kier alpha value is -5.03. The number of phenols is 2. The fraction of sp³-hybridized carbons (Fsp3) is 0.442. The maximum atomic E-state index is 13.1. The van der Waals surface area contributed by atoms with Gasteiger partial charge in [0.25, 0.3) is 5.56 Å². The number of nitrogens with two attached hydrogens (primary N) is 1. The number of ether oxygens (including phenoxy) is 2. The Bertz CT molecular complexity index is 2040. The molecule has 6 rings (SSSR count). The molecule has 0 aliphatic heterocycles. The first-order valence-corrected chi connectivity index (χ1v) is 19.1. The number of aromatic nitrogens is 2. The van der Waals surface area contributed by atoms with Crippen molar-refractivity contribution in [2.75, 3.05) is 18.9 Å². The number of carbonyl (C=O) groups is 2. The van der Waals surface area contributed by atoms with Gasteiger partial charge in [-0.2, -0.15) is 0 Å².